The molecule has 5 nitrogen and oxygen atoms in total. The van der Waals surface area contributed by atoms with E-state index in [1.165, 1.54) is 0 Å². The van der Waals surface area contributed by atoms with Crippen molar-refractivity contribution in [3.8, 4) is 11.1 Å². The molecule has 2 aliphatic rings. The summed E-state index contributed by atoms with van der Waals surface area (Å²) >= 11 is 0. The van der Waals surface area contributed by atoms with Gasteiger partial charge in [-0.1, -0.05) is 61.9 Å². The van der Waals surface area contributed by atoms with Crippen LogP contribution in [0.3, 0.4) is 0 Å². The van der Waals surface area contributed by atoms with Gasteiger partial charge in [0.1, 0.15) is 12.6 Å². The molecule has 28 heavy (non-hydrogen) atoms. The largest absolute Gasteiger partial charge is 0.480 e. The molecule has 0 saturated heterocycles. The maximum atomic E-state index is 12.3. The molecule has 1 fully saturated rings. The number of rotatable bonds is 7. The number of aliphatic carboxylic acids is 1. The molecule has 1 saturated carbocycles. The zero-order valence-electron chi connectivity index (χ0n) is 15.9. The van der Waals surface area contributed by atoms with Crippen LogP contribution in [0.25, 0.3) is 11.1 Å². The molecule has 0 spiro atoms. The third kappa shape index (κ3) is 3.61. The first-order valence-corrected chi connectivity index (χ1v) is 9.92. The Bertz CT molecular complexity index is 848. The van der Waals surface area contributed by atoms with Gasteiger partial charge in [0.15, 0.2) is 0 Å². The Labute approximate surface area is 164 Å². The zero-order chi connectivity index (χ0) is 19.7. The summed E-state index contributed by atoms with van der Waals surface area (Å²) in [5, 5.41) is 12.0. The highest BCUT2D eigenvalue weighted by Gasteiger charge is 2.39. The average molecular weight is 379 g/mol. The van der Waals surface area contributed by atoms with Gasteiger partial charge in [0.2, 0.25) is 0 Å². The molecule has 4 rings (SSSR count). The summed E-state index contributed by atoms with van der Waals surface area (Å²) in [5.74, 6) is -0.0595. The Hall–Kier alpha value is -2.82. The normalized spacial score (nSPS) is 20.8. The second-order valence-corrected chi connectivity index (χ2v) is 7.76. The van der Waals surface area contributed by atoms with E-state index in [4.69, 9.17) is 4.74 Å². The molecule has 3 atom stereocenters. The highest BCUT2D eigenvalue weighted by molar-refractivity contribution is 5.81. The predicted molar refractivity (Wildman–Crippen MR) is 106 cm³/mol. The highest BCUT2D eigenvalue weighted by Crippen LogP contribution is 2.45. The second kappa shape index (κ2) is 7.66. The van der Waals surface area contributed by atoms with Crippen molar-refractivity contribution in [2.24, 2.45) is 11.8 Å². The van der Waals surface area contributed by atoms with Crippen LogP contribution in [0, 0.1) is 11.8 Å². The van der Waals surface area contributed by atoms with E-state index in [0.29, 0.717) is 18.3 Å². The number of hydrogen-bond acceptors (Lipinski definition) is 3. The van der Waals surface area contributed by atoms with Gasteiger partial charge in [-0.2, -0.15) is 0 Å². The van der Waals surface area contributed by atoms with E-state index < -0.39 is 18.1 Å². The van der Waals surface area contributed by atoms with Crippen molar-refractivity contribution in [3.05, 3.63) is 59.7 Å². The number of nitrogens with one attached hydrogen (secondary N) is 1. The zero-order valence-corrected chi connectivity index (χ0v) is 15.9. The van der Waals surface area contributed by atoms with E-state index in [1.807, 2.05) is 24.3 Å². The molecule has 5 heteroatoms. The molecule has 0 bridgehead atoms. The van der Waals surface area contributed by atoms with Crippen molar-refractivity contribution in [2.45, 2.75) is 38.1 Å². The highest BCUT2D eigenvalue weighted by atomic mass is 16.5. The first-order chi connectivity index (χ1) is 13.6. The summed E-state index contributed by atoms with van der Waals surface area (Å²) in [5.41, 5.74) is 4.59. The van der Waals surface area contributed by atoms with Crippen molar-refractivity contribution in [1.82, 2.24) is 5.32 Å². The van der Waals surface area contributed by atoms with Crippen LogP contribution < -0.4 is 5.32 Å². The number of amides is 1. The number of carboxylic acids is 1. The minimum atomic E-state index is -1.00. The lowest BCUT2D eigenvalue weighted by Crippen LogP contribution is -2.41. The Balaban J connectivity index is 1.40. The summed E-state index contributed by atoms with van der Waals surface area (Å²) in [7, 11) is 0. The number of carbonyl (C=O) groups is 2. The average Bonchev–Trinajstić information content (AvgIpc) is 3.38. The molecule has 2 N–H and O–H groups in total. The van der Waals surface area contributed by atoms with Gasteiger partial charge in [-0.25, -0.2) is 9.59 Å². The van der Waals surface area contributed by atoms with Crippen LogP contribution in [-0.4, -0.2) is 29.8 Å². The molecule has 2 aromatic rings. The second-order valence-electron chi connectivity index (χ2n) is 7.76. The Morgan fingerprint density at radius 2 is 1.68 bits per heavy atom. The lowest BCUT2D eigenvalue weighted by Gasteiger charge is -2.17. The molecule has 0 aliphatic heterocycles. The van der Waals surface area contributed by atoms with Gasteiger partial charge >= 0.3 is 12.1 Å². The first-order valence-electron chi connectivity index (χ1n) is 9.92. The lowest BCUT2D eigenvalue weighted by molar-refractivity contribution is -0.139. The minimum Gasteiger partial charge on any atom is -0.480 e. The SMILES string of the molecule is CC[C@H]1C[C@@H]1C[C@H](NC(=O)OCC1c2ccccc2-c2ccccc21)C(=O)O. The Kier molecular flexibility index (Phi) is 5.07. The molecular weight excluding hydrogens is 354 g/mol. The number of ether oxygens (including phenoxy) is 1. The van der Waals surface area contributed by atoms with Crippen LogP contribution in [0.1, 0.15) is 43.2 Å². The quantitative estimate of drug-likeness (QED) is 0.747. The summed E-state index contributed by atoms with van der Waals surface area (Å²) in [6.45, 7) is 2.30. The first kappa shape index (κ1) is 18.5. The third-order valence-corrected chi connectivity index (χ3v) is 6.07. The maximum absolute atomic E-state index is 12.3. The molecule has 2 aromatic carbocycles. The number of benzene rings is 2. The van der Waals surface area contributed by atoms with Crippen LogP contribution in [-0.2, 0) is 9.53 Å². The smallest absolute Gasteiger partial charge is 0.407 e. The van der Waals surface area contributed by atoms with E-state index in [1.54, 1.807) is 0 Å². The van der Waals surface area contributed by atoms with Crippen LogP contribution in [0.15, 0.2) is 48.5 Å². The molecule has 0 aromatic heterocycles. The summed E-state index contributed by atoms with van der Waals surface area (Å²) in [6.07, 6.45) is 1.91. The van der Waals surface area contributed by atoms with Gasteiger partial charge < -0.3 is 15.2 Å². The van der Waals surface area contributed by atoms with E-state index in [0.717, 1.165) is 35.1 Å². The molecule has 2 aliphatic carbocycles. The fourth-order valence-corrected chi connectivity index (χ4v) is 4.41. The van der Waals surface area contributed by atoms with Crippen molar-refractivity contribution in [3.63, 3.8) is 0 Å². The molecule has 146 valence electrons. The molecular formula is C23H25NO4. The van der Waals surface area contributed by atoms with Crippen LogP contribution >= 0.6 is 0 Å². The van der Waals surface area contributed by atoms with Crippen molar-refractivity contribution < 1.29 is 19.4 Å². The maximum Gasteiger partial charge on any atom is 0.407 e. The van der Waals surface area contributed by atoms with Crippen LogP contribution in [0.2, 0.25) is 0 Å². The summed E-state index contributed by atoms with van der Waals surface area (Å²) in [6, 6.07) is 15.4. The summed E-state index contributed by atoms with van der Waals surface area (Å²) in [4.78, 5) is 23.8. The Morgan fingerprint density at radius 3 is 2.21 bits per heavy atom. The standard InChI is InChI=1S/C23H25NO4/c1-2-14-11-15(14)12-21(22(25)26)24-23(27)28-13-20-18-9-5-3-7-16(18)17-8-4-6-10-19(17)20/h3-10,14-15,20-21H,2,11-13H2,1H3,(H,24,27)(H,25,26)/t14-,15+,21-/m0/s1. The predicted octanol–water partition coefficient (Wildman–Crippen LogP) is 4.41. The van der Waals surface area contributed by atoms with E-state index in [9.17, 15) is 14.7 Å². The monoisotopic (exact) mass is 379 g/mol. The molecule has 0 unspecified atom stereocenters. The molecule has 0 radical (unpaired) electrons. The van der Waals surface area contributed by atoms with Gasteiger partial charge in [0.25, 0.3) is 0 Å². The van der Waals surface area contributed by atoms with E-state index in [-0.39, 0.29) is 12.5 Å². The summed E-state index contributed by atoms with van der Waals surface area (Å²) < 4.78 is 5.46. The van der Waals surface area contributed by atoms with E-state index in [2.05, 4.69) is 36.5 Å². The van der Waals surface area contributed by atoms with Gasteiger partial charge in [-0.15, -0.1) is 0 Å². The number of alkyl carbamates (subject to hydrolysis) is 1. The Morgan fingerprint density at radius 1 is 1.07 bits per heavy atom. The number of carboxylic acid groups (broad SMARTS) is 1. The fourth-order valence-electron chi connectivity index (χ4n) is 4.41. The minimum absolute atomic E-state index is 0.0330. The van der Waals surface area contributed by atoms with E-state index >= 15 is 0 Å². The van der Waals surface area contributed by atoms with Crippen molar-refractivity contribution >= 4 is 12.1 Å². The van der Waals surface area contributed by atoms with Crippen molar-refractivity contribution in [2.75, 3.05) is 6.61 Å². The molecule has 1 amide bonds. The van der Waals surface area contributed by atoms with Crippen LogP contribution in [0.5, 0.6) is 0 Å². The fraction of sp³-hybridized carbons (Fsp3) is 0.391. The van der Waals surface area contributed by atoms with Gasteiger partial charge in [-0.3, -0.25) is 0 Å². The van der Waals surface area contributed by atoms with Gasteiger partial charge in [0, 0.05) is 5.92 Å². The number of fused-ring (bicyclic) bond motifs is 3. The molecule has 0 heterocycles. The topological polar surface area (TPSA) is 75.6 Å². The van der Waals surface area contributed by atoms with Gasteiger partial charge in [-0.05, 0) is 46.9 Å². The van der Waals surface area contributed by atoms with Gasteiger partial charge in [0.05, 0.1) is 0 Å². The van der Waals surface area contributed by atoms with Crippen molar-refractivity contribution in [1.29, 1.82) is 0 Å². The van der Waals surface area contributed by atoms with Crippen LogP contribution in [0.4, 0.5) is 4.79 Å². The third-order valence-electron chi connectivity index (χ3n) is 6.07. The number of carbonyl (C=O) groups excluding carboxylic acids is 1. The number of hydrogen-bond donors (Lipinski definition) is 2. The lowest BCUT2D eigenvalue weighted by atomic mass is 9.98.